The topological polar surface area (TPSA) is 85.5 Å². The predicted octanol–water partition coefficient (Wildman–Crippen LogP) is 3.89. The lowest BCUT2D eigenvalue weighted by atomic mass is 10.1. The van der Waals surface area contributed by atoms with Gasteiger partial charge in [0.05, 0.1) is 12.2 Å². The Morgan fingerprint density at radius 2 is 1.88 bits per heavy atom. The minimum Gasteiger partial charge on any atom is -0.461 e. The molecule has 0 aliphatic heterocycles. The van der Waals surface area contributed by atoms with Crippen LogP contribution in [0.3, 0.4) is 0 Å². The Morgan fingerprint density at radius 1 is 1.19 bits per heavy atom. The van der Waals surface area contributed by atoms with E-state index < -0.39 is 18.0 Å². The Kier molecular flexibility index (Phi) is 6.21. The molecule has 0 spiro atoms. The van der Waals surface area contributed by atoms with Crippen molar-refractivity contribution in [2.24, 2.45) is 0 Å². The summed E-state index contributed by atoms with van der Waals surface area (Å²) in [5, 5.41) is 0.422. The van der Waals surface area contributed by atoms with Crippen molar-refractivity contribution < 1.29 is 23.9 Å². The molecule has 1 heterocycles. The molecule has 2 aromatic rings. The third-order valence-electron chi connectivity index (χ3n) is 3.88. The lowest BCUT2D eigenvalue weighted by molar-refractivity contribution is 0.0317. The minimum atomic E-state index is -0.999. The summed E-state index contributed by atoms with van der Waals surface area (Å²) in [6.07, 6.45) is -0.999. The standard InChI is InChI=1S/C19H20ClNO5/c1-5-25-19(24)16-10(2)15(11(3)21-16)18(23)26-12(4)17(22)13-7-6-8-14(20)9-13/h6-9,12,21H,5H2,1-4H3/t12-/m1/s1. The summed E-state index contributed by atoms with van der Waals surface area (Å²) >= 11 is 5.89. The number of esters is 2. The number of H-pyrrole nitrogens is 1. The molecule has 1 atom stereocenters. The van der Waals surface area contributed by atoms with Crippen LogP contribution in [0.25, 0.3) is 0 Å². The van der Waals surface area contributed by atoms with E-state index in [0.29, 0.717) is 21.8 Å². The predicted molar refractivity (Wildman–Crippen MR) is 96.9 cm³/mol. The molecule has 0 saturated heterocycles. The highest BCUT2D eigenvalue weighted by molar-refractivity contribution is 6.31. The molecule has 0 aliphatic carbocycles. The van der Waals surface area contributed by atoms with Gasteiger partial charge in [0.1, 0.15) is 5.69 Å². The lowest BCUT2D eigenvalue weighted by Crippen LogP contribution is -2.25. The number of aromatic amines is 1. The quantitative estimate of drug-likeness (QED) is 0.609. The molecule has 2 rings (SSSR count). The van der Waals surface area contributed by atoms with E-state index in [4.69, 9.17) is 21.1 Å². The second-order valence-electron chi connectivity index (χ2n) is 5.77. The molecule has 0 unspecified atom stereocenters. The number of aromatic nitrogens is 1. The van der Waals surface area contributed by atoms with E-state index in [2.05, 4.69) is 4.98 Å². The van der Waals surface area contributed by atoms with Gasteiger partial charge in [0, 0.05) is 16.3 Å². The molecule has 7 heteroatoms. The molecule has 0 saturated carbocycles. The normalized spacial score (nSPS) is 11.7. The molecular formula is C19H20ClNO5. The van der Waals surface area contributed by atoms with E-state index in [9.17, 15) is 14.4 Å². The first-order valence-electron chi connectivity index (χ1n) is 8.13. The minimum absolute atomic E-state index is 0.199. The highest BCUT2D eigenvalue weighted by Gasteiger charge is 2.27. The number of aryl methyl sites for hydroxylation is 1. The van der Waals surface area contributed by atoms with Crippen LogP contribution in [0.15, 0.2) is 24.3 Å². The molecule has 1 aromatic heterocycles. The highest BCUT2D eigenvalue weighted by atomic mass is 35.5. The molecule has 6 nitrogen and oxygen atoms in total. The second-order valence-corrected chi connectivity index (χ2v) is 6.20. The molecule has 1 aromatic carbocycles. The number of ether oxygens (including phenoxy) is 2. The summed E-state index contributed by atoms with van der Waals surface area (Å²) in [6, 6.07) is 6.42. The summed E-state index contributed by atoms with van der Waals surface area (Å²) in [7, 11) is 0. The van der Waals surface area contributed by atoms with Crippen LogP contribution in [-0.4, -0.2) is 35.4 Å². The molecule has 0 aliphatic rings. The van der Waals surface area contributed by atoms with Crippen molar-refractivity contribution >= 4 is 29.3 Å². The number of nitrogens with one attached hydrogen (secondary N) is 1. The van der Waals surface area contributed by atoms with Gasteiger partial charge in [-0.05, 0) is 45.4 Å². The van der Waals surface area contributed by atoms with Crippen LogP contribution in [0.5, 0.6) is 0 Å². The van der Waals surface area contributed by atoms with Crippen LogP contribution in [0.4, 0.5) is 0 Å². The van der Waals surface area contributed by atoms with Crippen LogP contribution in [0.1, 0.15) is 56.3 Å². The van der Waals surface area contributed by atoms with E-state index >= 15 is 0 Å². The van der Waals surface area contributed by atoms with Gasteiger partial charge in [-0.25, -0.2) is 9.59 Å². The number of benzene rings is 1. The maximum atomic E-state index is 12.5. The average molecular weight is 378 g/mol. The lowest BCUT2D eigenvalue weighted by Gasteiger charge is -2.13. The zero-order valence-electron chi connectivity index (χ0n) is 15.0. The van der Waals surface area contributed by atoms with Crippen molar-refractivity contribution in [3.8, 4) is 0 Å². The number of Topliss-reactive ketones (excluding diaryl/α,β-unsaturated/α-hetero) is 1. The maximum absolute atomic E-state index is 12.5. The maximum Gasteiger partial charge on any atom is 0.355 e. The Bertz CT molecular complexity index is 856. The third-order valence-corrected chi connectivity index (χ3v) is 4.12. The fourth-order valence-electron chi connectivity index (χ4n) is 2.61. The molecule has 0 amide bonds. The summed E-state index contributed by atoms with van der Waals surface area (Å²) < 4.78 is 10.3. The van der Waals surface area contributed by atoms with E-state index in [1.54, 1.807) is 39.0 Å². The van der Waals surface area contributed by atoms with Crippen molar-refractivity contribution in [2.75, 3.05) is 6.61 Å². The molecule has 26 heavy (non-hydrogen) atoms. The van der Waals surface area contributed by atoms with E-state index in [1.807, 2.05) is 0 Å². The van der Waals surface area contributed by atoms with Gasteiger partial charge in [-0.2, -0.15) is 0 Å². The number of hydrogen-bond donors (Lipinski definition) is 1. The first kappa shape index (κ1) is 19.7. The van der Waals surface area contributed by atoms with Crippen molar-refractivity contribution in [2.45, 2.75) is 33.8 Å². The van der Waals surface area contributed by atoms with Gasteiger partial charge in [-0.3, -0.25) is 4.79 Å². The van der Waals surface area contributed by atoms with Gasteiger partial charge in [0.25, 0.3) is 0 Å². The van der Waals surface area contributed by atoms with E-state index in [1.165, 1.54) is 13.0 Å². The number of rotatable bonds is 6. The first-order valence-corrected chi connectivity index (χ1v) is 8.51. The SMILES string of the molecule is CCOC(=O)c1[nH]c(C)c(C(=O)O[C@H](C)C(=O)c2cccc(Cl)c2)c1C. The highest BCUT2D eigenvalue weighted by Crippen LogP contribution is 2.21. The van der Waals surface area contributed by atoms with Gasteiger partial charge >= 0.3 is 11.9 Å². The smallest absolute Gasteiger partial charge is 0.355 e. The number of ketones is 1. The Morgan fingerprint density at radius 3 is 2.50 bits per heavy atom. The van der Waals surface area contributed by atoms with Crippen LogP contribution < -0.4 is 0 Å². The van der Waals surface area contributed by atoms with E-state index in [0.717, 1.165) is 0 Å². The van der Waals surface area contributed by atoms with Crippen molar-refractivity contribution in [1.82, 2.24) is 4.98 Å². The zero-order chi connectivity index (χ0) is 19.4. The van der Waals surface area contributed by atoms with Gasteiger partial charge in [-0.1, -0.05) is 23.7 Å². The molecule has 138 valence electrons. The molecular weight excluding hydrogens is 358 g/mol. The molecule has 0 fully saturated rings. The first-order chi connectivity index (χ1) is 12.3. The second kappa shape index (κ2) is 8.19. The Balaban J connectivity index is 2.19. The van der Waals surface area contributed by atoms with Crippen LogP contribution >= 0.6 is 11.6 Å². The Labute approximate surface area is 156 Å². The summed E-state index contributed by atoms with van der Waals surface area (Å²) in [6.45, 7) is 6.68. The van der Waals surface area contributed by atoms with Crippen LogP contribution in [0, 0.1) is 13.8 Å². The monoisotopic (exact) mass is 377 g/mol. The molecule has 0 radical (unpaired) electrons. The summed E-state index contributed by atoms with van der Waals surface area (Å²) in [5.41, 5.74) is 1.67. The van der Waals surface area contributed by atoms with E-state index in [-0.39, 0.29) is 23.6 Å². The number of carbonyl (C=O) groups is 3. The number of hydrogen-bond acceptors (Lipinski definition) is 5. The average Bonchev–Trinajstić information content (AvgIpc) is 2.89. The number of carbonyl (C=O) groups excluding carboxylic acids is 3. The fourth-order valence-corrected chi connectivity index (χ4v) is 2.80. The van der Waals surface area contributed by atoms with Crippen LogP contribution in [0.2, 0.25) is 5.02 Å². The van der Waals surface area contributed by atoms with Gasteiger partial charge in [-0.15, -0.1) is 0 Å². The molecule has 0 bridgehead atoms. The Hall–Kier alpha value is -2.60. The van der Waals surface area contributed by atoms with Crippen molar-refractivity contribution in [3.05, 3.63) is 57.4 Å². The van der Waals surface area contributed by atoms with Crippen molar-refractivity contribution in [1.29, 1.82) is 0 Å². The van der Waals surface area contributed by atoms with Gasteiger partial charge < -0.3 is 14.5 Å². The zero-order valence-corrected chi connectivity index (χ0v) is 15.8. The number of halogens is 1. The van der Waals surface area contributed by atoms with Gasteiger partial charge in [0.15, 0.2) is 6.10 Å². The van der Waals surface area contributed by atoms with Crippen LogP contribution in [-0.2, 0) is 9.47 Å². The van der Waals surface area contributed by atoms with Gasteiger partial charge in [0.2, 0.25) is 5.78 Å². The fraction of sp³-hybridized carbons (Fsp3) is 0.316. The largest absolute Gasteiger partial charge is 0.461 e. The summed E-state index contributed by atoms with van der Waals surface area (Å²) in [5.74, 6) is -1.60. The van der Waals surface area contributed by atoms with Crippen molar-refractivity contribution in [3.63, 3.8) is 0 Å². The third kappa shape index (κ3) is 4.14. The molecule has 1 N–H and O–H groups in total. The summed E-state index contributed by atoms with van der Waals surface area (Å²) in [4.78, 5) is 39.7.